The van der Waals surface area contributed by atoms with Gasteiger partial charge in [-0.3, -0.25) is 0 Å². The molecule has 1 nitrogen and oxygen atoms in total. The fourth-order valence-corrected chi connectivity index (χ4v) is 2.85. The average molecular weight is 225 g/mol. The largest absolute Gasteiger partial charge is 0.308 e. The maximum atomic E-state index is 3.64. The Balaban J connectivity index is 2.53. The van der Waals surface area contributed by atoms with Crippen molar-refractivity contribution in [2.75, 3.05) is 0 Å². The Bertz CT molecular complexity index is 312. The van der Waals surface area contributed by atoms with Gasteiger partial charge < -0.3 is 5.32 Å². The fraction of sp³-hybridized carbons (Fsp3) is 0.692. The monoisotopic (exact) mass is 225 g/mol. The summed E-state index contributed by atoms with van der Waals surface area (Å²) >= 11 is 1.89. The highest BCUT2D eigenvalue weighted by atomic mass is 32.1. The molecule has 1 N–H and O–H groups in total. The van der Waals surface area contributed by atoms with Crippen LogP contribution in [0.3, 0.4) is 0 Å². The predicted molar refractivity (Wildman–Crippen MR) is 69.6 cm³/mol. The first kappa shape index (κ1) is 12.7. The molecule has 1 aromatic heterocycles. The molecule has 0 aliphatic carbocycles. The molecule has 0 aliphatic heterocycles. The van der Waals surface area contributed by atoms with Crippen LogP contribution in [0.1, 0.15) is 48.9 Å². The molecule has 1 rings (SSSR count). The molecule has 1 heterocycles. The van der Waals surface area contributed by atoms with Crippen molar-refractivity contribution in [2.45, 2.75) is 59.5 Å². The zero-order valence-electron chi connectivity index (χ0n) is 10.6. The van der Waals surface area contributed by atoms with Crippen LogP contribution in [-0.2, 0) is 6.54 Å². The van der Waals surface area contributed by atoms with E-state index in [1.54, 1.807) is 0 Å². The number of thiophene rings is 1. The van der Waals surface area contributed by atoms with Crippen molar-refractivity contribution >= 4 is 11.3 Å². The number of rotatable bonds is 5. The zero-order chi connectivity index (χ0) is 11.5. The van der Waals surface area contributed by atoms with Gasteiger partial charge in [-0.15, -0.1) is 11.3 Å². The van der Waals surface area contributed by atoms with E-state index in [-0.39, 0.29) is 5.54 Å². The third-order valence-electron chi connectivity index (χ3n) is 2.78. The smallest absolute Gasteiger partial charge is 0.0221 e. The average Bonchev–Trinajstić information content (AvgIpc) is 2.42. The molecule has 0 saturated heterocycles. The molecule has 0 aliphatic rings. The van der Waals surface area contributed by atoms with E-state index in [0.717, 1.165) is 6.54 Å². The van der Waals surface area contributed by atoms with Gasteiger partial charge in [-0.25, -0.2) is 0 Å². The van der Waals surface area contributed by atoms with Crippen molar-refractivity contribution in [3.63, 3.8) is 0 Å². The summed E-state index contributed by atoms with van der Waals surface area (Å²) in [6.45, 7) is 12.2. The Morgan fingerprint density at radius 2 is 2.00 bits per heavy atom. The quantitative estimate of drug-likeness (QED) is 0.797. The van der Waals surface area contributed by atoms with Crippen molar-refractivity contribution < 1.29 is 0 Å². The zero-order valence-corrected chi connectivity index (χ0v) is 11.4. The molecule has 0 radical (unpaired) electrons. The lowest BCUT2D eigenvalue weighted by atomic mass is 9.98. The third-order valence-corrected chi connectivity index (χ3v) is 3.78. The van der Waals surface area contributed by atoms with Crippen molar-refractivity contribution in [3.05, 3.63) is 21.4 Å². The number of nitrogens with one attached hydrogen (secondary N) is 1. The van der Waals surface area contributed by atoms with Gasteiger partial charge in [0, 0.05) is 21.8 Å². The third kappa shape index (κ3) is 3.96. The van der Waals surface area contributed by atoms with Gasteiger partial charge in [0.1, 0.15) is 0 Å². The van der Waals surface area contributed by atoms with Gasteiger partial charge in [0.05, 0.1) is 0 Å². The molecule has 0 bridgehead atoms. The fourth-order valence-electron chi connectivity index (χ4n) is 1.91. The lowest BCUT2D eigenvalue weighted by Gasteiger charge is -2.25. The van der Waals surface area contributed by atoms with Gasteiger partial charge in [0.25, 0.3) is 0 Å². The van der Waals surface area contributed by atoms with Crippen LogP contribution in [0.4, 0.5) is 0 Å². The second kappa shape index (κ2) is 5.13. The predicted octanol–water partition coefficient (Wildman–Crippen LogP) is 4.03. The molecule has 1 aromatic rings. The summed E-state index contributed by atoms with van der Waals surface area (Å²) in [7, 11) is 0. The summed E-state index contributed by atoms with van der Waals surface area (Å²) in [4.78, 5) is 2.87. The van der Waals surface area contributed by atoms with E-state index in [1.807, 2.05) is 11.3 Å². The summed E-state index contributed by atoms with van der Waals surface area (Å²) in [5, 5.41) is 3.64. The Morgan fingerprint density at radius 3 is 2.47 bits per heavy atom. The first-order valence-electron chi connectivity index (χ1n) is 5.75. The highest BCUT2D eigenvalue weighted by Crippen LogP contribution is 2.21. The summed E-state index contributed by atoms with van der Waals surface area (Å²) < 4.78 is 0. The van der Waals surface area contributed by atoms with E-state index in [9.17, 15) is 0 Å². The molecule has 2 heteroatoms. The topological polar surface area (TPSA) is 12.0 Å². The lowest BCUT2D eigenvalue weighted by molar-refractivity contribution is 0.357. The van der Waals surface area contributed by atoms with E-state index in [1.165, 1.54) is 28.2 Å². The maximum absolute atomic E-state index is 3.64. The molecule has 0 fully saturated rings. The number of hydrogen-bond acceptors (Lipinski definition) is 2. The SMILES string of the molecule is CCCC(C)(C)NCc1cc(C)sc1C. The van der Waals surface area contributed by atoms with Gasteiger partial charge in [0.2, 0.25) is 0 Å². The molecular weight excluding hydrogens is 202 g/mol. The molecule has 15 heavy (non-hydrogen) atoms. The van der Waals surface area contributed by atoms with Gasteiger partial charge in [-0.05, 0) is 45.7 Å². The first-order chi connectivity index (χ1) is 6.94. The molecule has 86 valence electrons. The minimum Gasteiger partial charge on any atom is -0.308 e. The first-order valence-corrected chi connectivity index (χ1v) is 6.57. The number of aryl methyl sites for hydroxylation is 2. The summed E-state index contributed by atoms with van der Waals surface area (Å²) in [5.41, 5.74) is 1.72. The standard InChI is InChI=1S/C13H23NS/c1-6-7-13(4,5)14-9-12-8-10(2)15-11(12)3/h8,14H,6-7,9H2,1-5H3. The van der Waals surface area contributed by atoms with Crippen LogP contribution in [0.5, 0.6) is 0 Å². The second-order valence-electron chi connectivity index (χ2n) is 4.93. The van der Waals surface area contributed by atoms with E-state index >= 15 is 0 Å². The normalized spacial score (nSPS) is 12.1. The van der Waals surface area contributed by atoms with E-state index < -0.39 is 0 Å². The maximum Gasteiger partial charge on any atom is 0.0221 e. The Hall–Kier alpha value is -0.340. The molecular formula is C13H23NS. The number of hydrogen-bond donors (Lipinski definition) is 1. The van der Waals surface area contributed by atoms with Crippen LogP contribution in [0, 0.1) is 13.8 Å². The van der Waals surface area contributed by atoms with Gasteiger partial charge in [-0.2, -0.15) is 0 Å². The molecule has 0 unspecified atom stereocenters. The minimum atomic E-state index is 0.261. The van der Waals surface area contributed by atoms with Gasteiger partial charge in [-0.1, -0.05) is 13.3 Å². The van der Waals surface area contributed by atoms with Crippen LogP contribution in [-0.4, -0.2) is 5.54 Å². The summed E-state index contributed by atoms with van der Waals surface area (Å²) in [6.07, 6.45) is 2.47. The minimum absolute atomic E-state index is 0.261. The van der Waals surface area contributed by atoms with Crippen molar-refractivity contribution in [1.82, 2.24) is 5.32 Å². The Kier molecular flexibility index (Phi) is 4.35. The van der Waals surface area contributed by atoms with E-state index in [0.29, 0.717) is 0 Å². The van der Waals surface area contributed by atoms with Crippen molar-refractivity contribution in [1.29, 1.82) is 0 Å². The summed E-state index contributed by atoms with van der Waals surface area (Å²) in [5.74, 6) is 0. The van der Waals surface area contributed by atoms with E-state index in [2.05, 4.69) is 46.0 Å². The van der Waals surface area contributed by atoms with Crippen LogP contribution >= 0.6 is 11.3 Å². The highest BCUT2D eigenvalue weighted by Gasteiger charge is 2.15. The van der Waals surface area contributed by atoms with Gasteiger partial charge in [0.15, 0.2) is 0 Å². The molecule has 0 atom stereocenters. The molecule has 0 saturated carbocycles. The van der Waals surface area contributed by atoms with E-state index in [4.69, 9.17) is 0 Å². The van der Waals surface area contributed by atoms with Crippen LogP contribution in [0.2, 0.25) is 0 Å². The lowest BCUT2D eigenvalue weighted by Crippen LogP contribution is -2.38. The van der Waals surface area contributed by atoms with Gasteiger partial charge >= 0.3 is 0 Å². The van der Waals surface area contributed by atoms with Crippen molar-refractivity contribution in [2.24, 2.45) is 0 Å². The Labute approximate surface area is 97.9 Å². The second-order valence-corrected chi connectivity index (χ2v) is 6.39. The van der Waals surface area contributed by atoms with Crippen LogP contribution in [0.25, 0.3) is 0 Å². The van der Waals surface area contributed by atoms with Crippen LogP contribution in [0.15, 0.2) is 6.07 Å². The molecule has 0 spiro atoms. The molecule has 0 amide bonds. The van der Waals surface area contributed by atoms with Crippen LogP contribution < -0.4 is 5.32 Å². The van der Waals surface area contributed by atoms with Crippen molar-refractivity contribution in [3.8, 4) is 0 Å². The summed E-state index contributed by atoms with van der Waals surface area (Å²) in [6, 6.07) is 2.30. The Morgan fingerprint density at radius 1 is 1.33 bits per heavy atom. The highest BCUT2D eigenvalue weighted by molar-refractivity contribution is 7.12. The molecule has 0 aromatic carbocycles.